The van der Waals surface area contributed by atoms with Crippen molar-refractivity contribution in [3.8, 4) is 67.5 Å². The number of hydrogen-bond acceptors (Lipinski definition) is 4. The largest absolute Gasteiger partial charge is 0.208 e. The van der Waals surface area contributed by atoms with Gasteiger partial charge in [0, 0.05) is 48.7 Å². The van der Waals surface area contributed by atoms with Crippen molar-refractivity contribution in [1.82, 2.24) is 15.0 Å². The summed E-state index contributed by atoms with van der Waals surface area (Å²) in [5.74, 6) is 2.38. The lowest BCUT2D eigenvalue weighted by Crippen LogP contribution is -2.38. The molecular formula is C58H37N3S. The molecule has 0 bridgehead atoms. The number of allylic oxidation sites excluding steroid dienone is 4. The maximum atomic E-state index is 5.06. The molecule has 0 saturated carbocycles. The molecule has 1 spiro atoms. The van der Waals surface area contributed by atoms with Gasteiger partial charge in [0.05, 0.1) is 5.41 Å². The van der Waals surface area contributed by atoms with Gasteiger partial charge in [0.2, 0.25) is 0 Å². The summed E-state index contributed by atoms with van der Waals surface area (Å²) in [6.45, 7) is 0. The van der Waals surface area contributed by atoms with Crippen LogP contribution in [-0.4, -0.2) is 15.0 Å². The van der Waals surface area contributed by atoms with Gasteiger partial charge in [-0.05, 0) is 92.0 Å². The fourth-order valence-corrected chi connectivity index (χ4v) is 11.8. The Bertz CT molecular complexity index is 3430. The van der Waals surface area contributed by atoms with Crippen LogP contribution in [0.3, 0.4) is 0 Å². The molecule has 3 aliphatic carbocycles. The van der Waals surface area contributed by atoms with Crippen LogP contribution in [-0.2, 0) is 5.41 Å². The third-order valence-corrected chi connectivity index (χ3v) is 14.6. The number of aromatic nitrogens is 3. The predicted molar refractivity (Wildman–Crippen MR) is 256 cm³/mol. The normalized spacial score (nSPS) is 17.9. The van der Waals surface area contributed by atoms with Crippen molar-refractivity contribution in [3.63, 3.8) is 0 Å². The molecule has 2 aromatic heterocycles. The first-order chi connectivity index (χ1) is 30.7. The molecule has 3 nitrogen and oxygen atoms in total. The van der Waals surface area contributed by atoms with Gasteiger partial charge in [-0.2, -0.15) is 0 Å². The van der Waals surface area contributed by atoms with Crippen LogP contribution in [0.2, 0.25) is 0 Å². The quantitative estimate of drug-likeness (QED) is 0.178. The van der Waals surface area contributed by atoms with Crippen molar-refractivity contribution in [2.75, 3.05) is 0 Å². The summed E-state index contributed by atoms with van der Waals surface area (Å²) in [5, 5.41) is 2.44. The average molecular weight is 808 g/mol. The monoisotopic (exact) mass is 807 g/mol. The molecule has 62 heavy (non-hydrogen) atoms. The van der Waals surface area contributed by atoms with Crippen LogP contribution in [0.15, 0.2) is 212 Å². The fourth-order valence-electron chi connectivity index (χ4n) is 10.8. The molecule has 3 unspecified atom stereocenters. The second-order valence-electron chi connectivity index (χ2n) is 16.6. The molecule has 0 saturated heterocycles. The second-order valence-corrected chi connectivity index (χ2v) is 17.7. The molecule has 13 rings (SSSR count). The van der Waals surface area contributed by atoms with Crippen LogP contribution in [0.1, 0.15) is 28.2 Å². The Morgan fingerprint density at radius 3 is 1.53 bits per heavy atom. The second kappa shape index (κ2) is 13.8. The smallest absolute Gasteiger partial charge is 0.164 e. The van der Waals surface area contributed by atoms with E-state index in [1.807, 2.05) is 47.7 Å². The van der Waals surface area contributed by atoms with Crippen LogP contribution in [0.25, 0.3) is 87.7 Å². The number of nitrogens with zero attached hydrogens (tertiary/aromatic N) is 3. The van der Waals surface area contributed by atoms with E-state index in [2.05, 4.69) is 176 Å². The summed E-state index contributed by atoms with van der Waals surface area (Å²) in [5.41, 5.74) is 15.7. The van der Waals surface area contributed by atoms with Gasteiger partial charge in [0.25, 0.3) is 0 Å². The topological polar surface area (TPSA) is 38.7 Å². The van der Waals surface area contributed by atoms with Crippen molar-refractivity contribution in [3.05, 3.63) is 235 Å². The Labute approximate surface area is 364 Å². The summed E-state index contributed by atoms with van der Waals surface area (Å²) in [6, 6.07) is 68.7. The lowest BCUT2D eigenvalue weighted by atomic mass is 9.59. The highest BCUT2D eigenvalue weighted by atomic mass is 32.1. The first-order valence-corrected chi connectivity index (χ1v) is 22.2. The Balaban J connectivity index is 0.987. The van der Waals surface area contributed by atoms with Crippen LogP contribution >= 0.6 is 11.3 Å². The maximum Gasteiger partial charge on any atom is 0.164 e. The van der Waals surface area contributed by atoms with Gasteiger partial charge < -0.3 is 0 Å². The van der Waals surface area contributed by atoms with Crippen molar-refractivity contribution in [1.29, 1.82) is 0 Å². The van der Waals surface area contributed by atoms with Gasteiger partial charge in [0.15, 0.2) is 17.5 Å². The molecule has 10 aromatic rings. The predicted octanol–water partition coefficient (Wildman–Crippen LogP) is 14.7. The lowest BCUT2D eigenvalue weighted by Gasteiger charge is -2.42. The minimum atomic E-state index is -0.403. The van der Waals surface area contributed by atoms with E-state index in [0.717, 1.165) is 16.7 Å². The number of thiophene rings is 1. The lowest BCUT2D eigenvalue weighted by molar-refractivity contribution is 0.422. The van der Waals surface area contributed by atoms with Crippen LogP contribution in [0.5, 0.6) is 0 Å². The van der Waals surface area contributed by atoms with Crippen LogP contribution < -0.4 is 0 Å². The third-order valence-electron chi connectivity index (χ3n) is 13.4. The SMILES string of the molecule is C1=CC2c3ccccc3-c3ccccc3C3(c4ccccc4-c4ccc(-c5ccc6sc7ccc(-c8nc(-c9ccccc9)nc(-c9ccccc9)n8)cc7c6c5)cc43)C2C=C1. The zero-order valence-electron chi connectivity index (χ0n) is 33.6. The molecule has 0 aliphatic heterocycles. The summed E-state index contributed by atoms with van der Waals surface area (Å²) >= 11 is 1.83. The van der Waals surface area contributed by atoms with Gasteiger partial charge in [-0.25, -0.2) is 15.0 Å². The van der Waals surface area contributed by atoms with Gasteiger partial charge >= 0.3 is 0 Å². The minimum absolute atomic E-state index is 0.178. The number of hydrogen-bond donors (Lipinski definition) is 0. The Kier molecular flexibility index (Phi) is 7.82. The van der Waals surface area contributed by atoms with Crippen molar-refractivity contribution < 1.29 is 0 Å². The van der Waals surface area contributed by atoms with Crippen molar-refractivity contribution >= 4 is 31.5 Å². The van der Waals surface area contributed by atoms with E-state index in [1.165, 1.54) is 75.8 Å². The third kappa shape index (κ3) is 5.20. The van der Waals surface area contributed by atoms with E-state index < -0.39 is 5.41 Å². The van der Waals surface area contributed by atoms with E-state index in [1.54, 1.807) is 0 Å². The van der Waals surface area contributed by atoms with Crippen molar-refractivity contribution in [2.24, 2.45) is 5.92 Å². The molecule has 2 heterocycles. The highest BCUT2D eigenvalue weighted by Gasteiger charge is 2.54. The Hall–Kier alpha value is -7.53. The molecule has 0 fully saturated rings. The molecular weight excluding hydrogens is 771 g/mol. The Morgan fingerprint density at radius 2 is 0.855 bits per heavy atom. The summed E-state index contributed by atoms with van der Waals surface area (Å²) in [4.78, 5) is 15.1. The number of rotatable bonds is 4. The molecule has 0 radical (unpaired) electrons. The molecule has 8 aromatic carbocycles. The molecule has 3 aliphatic rings. The first kappa shape index (κ1) is 35.2. The van der Waals surface area contributed by atoms with E-state index in [4.69, 9.17) is 15.0 Å². The number of benzene rings is 8. The molecule has 3 atom stereocenters. The molecule has 4 heteroatoms. The maximum absolute atomic E-state index is 5.06. The van der Waals surface area contributed by atoms with Gasteiger partial charge in [-0.3, -0.25) is 0 Å². The van der Waals surface area contributed by atoms with E-state index in [-0.39, 0.29) is 11.8 Å². The first-order valence-electron chi connectivity index (χ1n) is 21.3. The number of fused-ring (bicyclic) bond motifs is 15. The fraction of sp³-hybridized carbons (Fsp3) is 0.0517. The Morgan fingerprint density at radius 1 is 0.371 bits per heavy atom. The average Bonchev–Trinajstić information content (AvgIpc) is 3.83. The zero-order chi connectivity index (χ0) is 40.8. The highest BCUT2D eigenvalue weighted by molar-refractivity contribution is 7.25. The molecule has 0 amide bonds. The summed E-state index contributed by atoms with van der Waals surface area (Å²) < 4.78 is 2.50. The van der Waals surface area contributed by atoms with Crippen molar-refractivity contribution in [2.45, 2.75) is 11.3 Å². The van der Waals surface area contributed by atoms with E-state index >= 15 is 0 Å². The van der Waals surface area contributed by atoms with Gasteiger partial charge in [0.1, 0.15) is 0 Å². The minimum Gasteiger partial charge on any atom is -0.208 e. The molecule has 0 N–H and O–H groups in total. The zero-order valence-corrected chi connectivity index (χ0v) is 34.4. The summed E-state index contributed by atoms with van der Waals surface area (Å²) in [7, 11) is 0. The van der Waals surface area contributed by atoms with Crippen LogP contribution in [0, 0.1) is 5.92 Å². The van der Waals surface area contributed by atoms with Gasteiger partial charge in [-0.15, -0.1) is 11.3 Å². The summed E-state index contributed by atoms with van der Waals surface area (Å²) in [6.07, 6.45) is 9.45. The van der Waals surface area contributed by atoms with E-state index in [9.17, 15) is 0 Å². The highest BCUT2D eigenvalue weighted by Crippen LogP contribution is 2.64. The van der Waals surface area contributed by atoms with E-state index in [0.29, 0.717) is 17.5 Å². The standard InChI is InChI=1S/C58H37N3S/c1-3-15-36(16-4-1)55-59-56(37-17-5-2-6-18-37)61-57(60-55)40-29-32-54-48(34-40)47-33-38(28-31-53(47)62-54)39-27-30-46-45-23-11-14-26-51(45)58(52(46)35-39)49-24-12-9-21-43(49)41-19-7-8-20-42(41)44-22-10-13-25-50(44)58/h1-35,43,49H. The molecule has 290 valence electrons. The van der Waals surface area contributed by atoms with Gasteiger partial charge in [-0.1, -0.05) is 176 Å². The van der Waals surface area contributed by atoms with Crippen LogP contribution in [0.4, 0.5) is 0 Å².